The predicted molar refractivity (Wildman–Crippen MR) is 68.8 cm³/mol. The minimum atomic E-state index is -0.258. The zero-order valence-electron chi connectivity index (χ0n) is 9.60. The highest BCUT2D eigenvalue weighted by atomic mass is 32.1. The summed E-state index contributed by atoms with van der Waals surface area (Å²) < 4.78 is 0. The van der Waals surface area contributed by atoms with Crippen LogP contribution in [0.2, 0.25) is 0 Å². The van der Waals surface area contributed by atoms with E-state index in [4.69, 9.17) is 5.26 Å². The Morgan fingerprint density at radius 1 is 1.35 bits per heavy atom. The average molecular weight is 240 g/mol. The van der Waals surface area contributed by atoms with E-state index in [2.05, 4.69) is 35.5 Å². The van der Waals surface area contributed by atoms with Crippen molar-refractivity contribution in [2.24, 2.45) is 0 Å². The number of aryl methyl sites for hydroxylation is 1. The van der Waals surface area contributed by atoms with Crippen LogP contribution in [0.25, 0.3) is 11.3 Å². The average Bonchev–Trinajstić information content (AvgIpc) is 3.00. The van der Waals surface area contributed by atoms with Crippen LogP contribution in [0.5, 0.6) is 0 Å². The molecule has 1 aromatic carbocycles. The van der Waals surface area contributed by atoms with Crippen molar-refractivity contribution in [1.82, 2.24) is 4.98 Å². The topological polar surface area (TPSA) is 36.7 Å². The van der Waals surface area contributed by atoms with Crippen LogP contribution in [-0.2, 0) is 5.41 Å². The van der Waals surface area contributed by atoms with E-state index >= 15 is 0 Å². The quantitative estimate of drug-likeness (QED) is 0.803. The molecule has 0 radical (unpaired) electrons. The molecule has 17 heavy (non-hydrogen) atoms. The molecule has 0 spiro atoms. The first-order valence-electron chi connectivity index (χ1n) is 5.68. The molecule has 3 rings (SSSR count). The standard InChI is InChI=1S/C14H12N2S/c1-10-4-2-3-5-11(10)12-8-17-13(16-12)14(9-15)6-7-14/h2-5,8H,6-7H2,1H3. The minimum Gasteiger partial charge on any atom is -0.239 e. The Balaban J connectivity index is 2.02. The molecule has 1 heterocycles. The zero-order valence-corrected chi connectivity index (χ0v) is 10.4. The molecule has 0 aliphatic heterocycles. The van der Waals surface area contributed by atoms with Gasteiger partial charge in [0.05, 0.1) is 11.8 Å². The van der Waals surface area contributed by atoms with Crippen LogP contribution < -0.4 is 0 Å². The third-order valence-electron chi connectivity index (χ3n) is 3.30. The van der Waals surface area contributed by atoms with Crippen molar-refractivity contribution >= 4 is 11.3 Å². The fourth-order valence-corrected chi connectivity index (χ4v) is 3.01. The van der Waals surface area contributed by atoms with Gasteiger partial charge in [-0.3, -0.25) is 0 Å². The Kier molecular flexibility index (Phi) is 2.27. The fraction of sp³-hybridized carbons (Fsp3) is 0.286. The Hall–Kier alpha value is -1.66. The number of thiazole rings is 1. The zero-order chi connectivity index (χ0) is 11.9. The first-order valence-corrected chi connectivity index (χ1v) is 6.56. The highest BCUT2D eigenvalue weighted by Gasteiger charge is 2.47. The maximum atomic E-state index is 9.16. The van der Waals surface area contributed by atoms with Gasteiger partial charge in [-0.15, -0.1) is 11.3 Å². The molecule has 0 unspecified atom stereocenters. The van der Waals surface area contributed by atoms with E-state index in [1.165, 1.54) is 11.1 Å². The number of benzene rings is 1. The maximum absolute atomic E-state index is 9.16. The molecule has 1 saturated carbocycles. The molecule has 2 nitrogen and oxygen atoms in total. The minimum absolute atomic E-state index is 0.258. The molecule has 1 fully saturated rings. The van der Waals surface area contributed by atoms with E-state index in [0.29, 0.717) is 0 Å². The molecule has 0 N–H and O–H groups in total. The number of hydrogen-bond donors (Lipinski definition) is 0. The molecular formula is C14H12N2S. The molecule has 2 aromatic rings. The van der Waals surface area contributed by atoms with Crippen LogP contribution in [0, 0.1) is 18.3 Å². The van der Waals surface area contributed by atoms with Crippen LogP contribution in [0.3, 0.4) is 0 Å². The van der Waals surface area contributed by atoms with Gasteiger partial charge in [0.25, 0.3) is 0 Å². The van der Waals surface area contributed by atoms with Gasteiger partial charge < -0.3 is 0 Å². The van der Waals surface area contributed by atoms with Crippen molar-refractivity contribution in [2.45, 2.75) is 25.2 Å². The summed E-state index contributed by atoms with van der Waals surface area (Å²) in [6.45, 7) is 2.09. The molecule has 1 aliphatic rings. The van der Waals surface area contributed by atoms with E-state index in [-0.39, 0.29) is 5.41 Å². The van der Waals surface area contributed by atoms with Crippen LogP contribution in [0.15, 0.2) is 29.6 Å². The van der Waals surface area contributed by atoms with Gasteiger partial charge in [-0.1, -0.05) is 24.3 Å². The highest BCUT2D eigenvalue weighted by molar-refractivity contribution is 7.10. The SMILES string of the molecule is Cc1ccccc1-c1csc(C2(C#N)CC2)n1. The molecule has 0 bridgehead atoms. The third kappa shape index (κ3) is 1.65. The van der Waals surface area contributed by atoms with E-state index < -0.39 is 0 Å². The smallest absolute Gasteiger partial charge is 0.114 e. The molecular weight excluding hydrogens is 228 g/mol. The summed E-state index contributed by atoms with van der Waals surface area (Å²) in [5.74, 6) is 0. The van der Waals surface area contributed by atoms with E-state index in [1.807, 2.05) is 12.1 Å². The van der Waals surface area contributed by atoms with Crippen molar-refractivity contribution in [3.05, 3.63) is 40.2 Å². The van der Waals surface area contributed by atoms with Gasteiger partial charge in [0, 0.05) is 10.9 Å². The lowest BCUT2D eigenvalue weighted by atomic mass is 10.1. The molecule has 1 aromatic heterocycles. The van der Waals surface area contributed by atoms with E-state index in [1.54, 1.807) is 11.3 Å². The number of aromatic nitrogens is 1. The first-order chi connectivity index (χ1) is 8.25. The van der Waals surface area contributed by atoms with Gasteiger partial charge in [-0.2, -0.15) is 5.26 Å². The Bertz CT molecular complexity index is 603. The van der Waals surface area contributed by atoms with Gasteiger partial charge >= 0.3 is 0 Å². The predicted octanol–water partition coefficient (Wildman–Crippen LogP) is 3.67. The maximum Gasteiger partial charge on any atom is 0.114 e. The van der Waals surface area contributed by atoms with Crippen LogP contribution >= 0.6 is 11.3 Å². The number of nitriles is 1. The molecule has 3 heteroatoms. The van der Waals surface area contributed by atoms with E-state index in [0.717, 1.165) is 23.5 Å². The second-order valence-corrected chi connectivity index (χ2v) is 5.40. The lowest BCUT2D eigenvalue weighted by Gasteiger charge is -2.01. The summed E-state index contributed by atoms with van der Waals surface area (Å²) in [6.07, 6.45) is 1.93. The molecule has 0 atom stereocenters. The Labute approximate surface area is 105 Å². The number of hydrogen-bond acceptors (Lipinski definition) is 3. The second kappa shape index (κ2) is 3.68. The van der Waals surface area contributed by atoms with Gasteiger partial charge in [0.2, 0.25) is 0 Å². The summed E-state index contributed by atoms with van der Waals surface area (Å²) >= 11 is 1.61. The summed E-state index contributed by atoms with van der Waals surface area (Å²) in [5.41, 5.74) is 3.14. The number of rotatable bonds is 2. The number of nitrogens with zero attached hydrogens (tertiary/aromatic N) is 2. The van der Waals surface area contributed by atoms with Crippen molar-refractivity contribution < 1.29 is 0 Å². The Morgan fingerprint density at radius 3 is 2.76 bits per heavy atom. The van der Waals surface area contributed by atoms with Crippen LogP contribution in [0.4, 0.5) is 0 Å². The highest BCUT2D eigenvalue weighted by Crippen LogP contribution is 2.49. The molecule has 84 valence electrons. The normalized spacial score (nSPS) is 16.5. The molecule has 0 saturated heterocycles. The third-order valence-corrected chi connectivity index (χ3v) is 4.34. The summed E-state index contributed by atoms with van der Waals surface area (Å²) in [5, 5.41) is 12.2. The molecule has 1 aliphatic carbocycles. The van der Waals surface area contributed by atoms with Gasteiger partial charge in [0.1, 0.15) is 10.4 Å². The summed E-state index contributed by atoms with van der Waals surface area (Å²) in [7, 11) is 0. The van der Waals surface area contributed by atoms with Crippen molar-refractivity contribution in [3.8, 4) is 17.3 Å². The fourth-order valence-electron chi connectivity index (χ4n) is 1.98. The van der Waals surface area contributed by atoms with E-state index in [9.17, 15) is 0 Å². The summed E-state index contributed by atoms with van der Waals surface area (Å²) in [6, 6.07) is 10.6. The Morgan fingerprint density at radius 2 is 2.12 bits per heavy atom. The van der Waals surface area contributed by atoms with Crippen LogP contribution in [-0.4, -0.2) is 4.98 Å². The summed E-state index contributed by atoms with van der Waals surface area (Å²) in [4.78, 5) is 4.64. The van der Waals surface area contributed by atoms with Crippen molar-refractivity contribution in [1.29, 1.82) is 5.26 Å². The second-order valence-electron chi connectivity index (χ2n) is 4.55. The molecule has 0 amide bonds. The lowest BCUT2D eigenvalue weighted by molar-refractivity contribution is 0.891. The lowest BCUT2D eigenvalue weighted by Crippen LogP contribution is -2.01. The van der Waals surface area contributed by atoms with Gasteiger partial charge in [-0.25, -0.2) is 4.98 Å². The van der Waals surface area contributed by atoms with Crippen molar-refractivity contribution in [2.75, 3.05) is 0 Å². The van der Waals surface area contributed by atoms with Gasteiger partial charge in [0.15, 0.2) is 0 Å². The van der Waals surface area contributed by atoms with Crippen molar-refractivity contribution in [3.63, 3.8) is 0 Å². The monoisotopic (exact) mass is 240 g/mol. The largest absolute Gasteiger partial charge is 0.239 e. The van der Waals surface area contributed by atoms with Gasteiger partial charge in [-0.05, 0) is 25.3 Å². The first kappa shape index (κ1) is 10.5. The van der Waals surface area contributed by atoms with Crippen LogP contribution in [0.1, 0.15) is 23.4 Å².